The van der Waals surface area contributed by atoms with Crippen LogP contribution < -0.4 is 5.32 Å². The second kappa shape index (κ2) is 11.8. The molecule has 2 aromatic rings. The zero-order valence-electron chi connectivity index (χ0n) is 18.2. The standard InChI is InChI=1S/C23H31ClN4OS.HI/c1-25-23(28-10-7-17(14-28)16-29-2)26-13-21(18-3-5-20(24)6-4-18)27-11-8-22-19(15-27)9-12-30-22;/h3-6,9,12,17,21H,7-8,10-11,13-16H2,1-2H3,(H,25,26);1H. The van der Waals surface area contributed by atoms with Crippen LogP contribution in [0.5, 0.6) is 0 Å². The highest BCUT2D eigenvalue weighted by atomic mass is 127. The average molecular weight is 575 g/mol. The molecule has 170 valence electrons. The van der Waals surface area contributed by atoms with Crippen molar-refractivity contribution in [1.82, 2.24) is 15.1 Å². The number of benzene rings is 1. The van der Waals surface area contributed by atoms with Crippen LogP contribution in [0, 0.1) is 5.92 Å². The summed E-state index contributed by atoms with van der Waals surface area (Å²) in [6, 6.07) is 10.8. The van der Waals surface area contributed by atoms with Gasteiger partial charge < -0.3 is 15.0 Å². The molecular weight excluding hydrogens is 543 g/mol. The number of thiophene rings is 1. The Morgan fingerprint density at radius 1 is 1.29 bits per heavy atom. The highest BCUT2D eigenvalue weighted by molar-refractivity contribution is 14.0. The van der Waals surface area contributed by atoms with Crippen LogP contribution in [-0.2, 0) is 17.7 Å². The number of methoxy groups -OCH3 is 1. The fraction of sp³-hybridized carbons (Fsp3) is 0.522. The summed E-state index contributed by atoms with van der Waals surface area (Å²) in [7, 11) is 3.66. The predicted molar refractivity (Wildman–Crippen MR) is 141 cm³/mol. The normalized spacial score (nSPS) is 20.3. The Morgan fingerprint density at radius 2 is 2.10 bits per heavy atom. The molecular formula is C23H32ClIN4OS. The number of rotatable bonds is 6. The lowest BCUT2D eigenvalue weighted by Gasteiger charge is -2.36. The number of nitrogens with zero attached hydrogens (tertiary/aromatic N) is 3. The molecule has 0 radical (unpaired) electrons. The fourth-order valence-corrected chi connectivity index (χ4v) is 5.61. The maximum absolute atomic E-state index is 6.17. The Balaban J connectivity index is 0.00000272. The number of aliphatic imine (C=N–C) groups is 1. The van der Waals surface area contributed by atoms with Gasteiger partial charge in [-0.2, -0.15) is 0 Å². The molecule has 1 aromatic heterocycles. The maximum atomic E-state index is 6.17. The van der Waals surface area contributed by atoms with Gasteiger partial charge in [0.15, 0.2) is 5.96 Å². The van der Waals surface area contributed by atoms with Crippen LogP contribution in [0.2, 0.25) is 5.02 Å². The lowest BCUT2D eigenvalue weighted by atomic mass is 10.0. The molecule has 2 aliphatic rings. The van der Waals surface area contributed by atoms with Gasteiger partial charge in [-0.25, -0.2) is 0 Å². The van der Waals surface area contributed by atoms with Gasteiger partial charge in [0.05, 0.1) is 12.6 Å². The van der Waals surface area contributed by atoms with Crippen molar-refractivity contribution in [3.05, 3.63) is 56.7 Å². The molecule has 0 saturated carbocycles. The lowest BCUT2D eigenvalue weighted by molar-refractivity contribution is 0.157. The molecule has 0 bridgehead atoms. The van der Waals surface area contributed by atoms with Crippen LogP contribution in [0.1, 0.15) is 28.5 Å². The number of fused-ring (bicyclic) bond motifs is 1. The molecule has 2 atom stereocenters. The Labute approximate surface area is 211 Å². The van der Waals surface area contributed by atoms with E-state index in [-0.39, 0.29) is 30.0 Å². The van der Waals surface area contributed by atoms with Crippen molar-refractivity contribution in [2.24, 2.45) is 10.9 Å². The Morgan fingerprint density at radius 3 is 2.84 bits per heavy atom. The van der Waals surface area contributed by atoms with Crippen LogP contribution >= 0.6 is 46.9 Å². The van der Waals surface area contributed by atoms with Crippen molar-refractivity contribution >= 4 is 52.9 Å². The van der Waals surface area contributed by atoms with E-state index in [1.807, 2.05) is 30.5 Å². The number of hydrogen-bond donors (Lipinski definition) is 1. The molecule has 1 fully saturated rings. The number of guanidine groups is 1. The van der Waals surface area contributed by atoms with Gasteiger partial charge in [0.25, 0.3) is 0 Å². The van der Waals surface area contributed by atoms with Gasteiger partial charge in [0, 0.05) is 62.7 Å². The van der Waals surface area contributed by atoms with E-state index in [2.05, 4.69) is 43.7 Å². The van der Waals surface area contributed by atoms with Crippen molar-refractivity contribution in [2.45, 2.75) is 25.4 Å². The summed E-state index contributed by atoms with van der Waals surface area (Å²) in [4.78, 5) is 11.0. The van der Waals surface area contributed by atoms with Crippen molar-refractivity contribution in [2.75, 3.05) is 46.9 Å². The van der Waals surface area contributed by atoms with Crippen LogP contribution in [0.15, 0.2) is 40.7 Å². The summed E-state index contributed by atoms with van der Waals surface area (Å²) < 4.78 is 5.35. The van der Waals surface area contributed by atoms with Gasteiger partial charge in [-0.15, -0.1) is 35.3 Å². The summed E-state index contributed by atoms with van der Waals surface area (Å²) >= 11 is 8.05. The summed E-state index contributed by atoms with van der Waals surface area (Å²) in [5.41, 5.74) is 2.76. The topological polar surface area (TPSA) is 40.1 Å². The molecule has 0 spiro atoms. The zero-order valence-corrected chi connectivity index (χ0v) is 22.1. The number of ether oxygens (including phenoxy) is 1. The smallest absolute Gasteiger partial charge is 0.193 e. The molecule has 4 rings (SSSR count). The first-order valence-corrected chi connectivity index (χ1v) is 11.9. The third-order valence-corrected chi connectivity index (χ3v) is 7.46. The molecule has 1 saturated heterocycles. The first-order chi connectivity index (χ1) is 14.7. The molecule has 8 heteroatoms. The van der Waals surface area contributed by atoms with E-state index in [9.17, 15) is 0 Å². The lowest BCUT2D eigenvalue weighted by Crippen LogP contribution is -2.45. The second-order valence-electron chi connectivity index (χ2n) is 8.14. The monoisotopic (exact) mass is 574 g/mol. The molecule has 5 nitrogen and oxygen atoms in total. The van der Waals surface area contributed by atoms with Crippen LogP contribution in [-0.4, -0.2) is 62.7 Å². The van der Waals surface area contributed by atoms with Crippen LogP contribution in [0.3, 0.4) is 0 Å². The first kappa shape index (κ1) is 24.8. The highest BCUT2D eigenvalue weighted by Crippen LogP contribution is 2.31. The largest absolute Gasteiger partial charge is 0.384 e. The first-order valence-electron chi connectivity index (χ1n) is 10.7. The Hall–Kier alpha value is -0.870. The van der Waals surface area contributed by atoms with Gasteiger partial charge >= 0.3 is 0 Å². The molecule has 1 N–H and O–H groups in total. The molecule has 31 heavy (non-hydrogen) atoms. The van der Waals surface area contributed by atoms with Crippen molar-refractivity contribution in [3.63, 3.8) is 0 Å². The van der Waals surface area contributed by atoms with Gasteiger partial charge in [-0.3, -0.25) is 9.89 Å². The average Bonchev–Trinajstić information content (AvgIpc) is 3.41. The fourth-order valence-electron chi connectivity index (χ4n) is 4.60. The van der Waals surface area contributed by atoms with E-state index in [0.29, 0.717) is 5.92 Å². The number of halogens is 2. The van der Waals surface area contributed by atoms with Crippen molar-refractivity contribution in [1.29, 1.82) is 0 Å². The predicted octanol–water partition coefficient (Wildman–Crippen LogP) is 4.66. The second-order valence-corrected chi connectivity index (χ2v) is 9.58. The van der Waals surface area contributed by atoms with Crippen LogP contribution in [0.25, 0.3) is 0 Å². The molecule has 3 heterocycles. The molecule has 2 unspecified atom stereocenters. The summed E-state index contributed by atoms with van der Waals surface area (Å²) in [5.74, 6) is 1.57. The Kier molecular flexibility index (Phi) is 9.46. The van der Waals surface area contributed by atoms with Crippen LogP contribution in [0.4, 0.5) is 0 Å². The molecule has 1 aromatic carbocycles. The van der Waals surface area contributed by atoms with Crippen molar-refractivity contribution in [3.8, 4) is 0 Å². The minimum absolute atomic E-state index is 0. The van der Waals surface area contributed by atoms with E-state index in [0.717, 1.165) is 63.2 Å². The Bertz CT molecular complexity index is 860. The SMILES string of the molecule is CN=C(NCC(c1ccc(Cl)cc1)N1CCc2sccc2C1)N1CCC(COC)C1.I. The number of likely N-dealkylation sites (tertiary alicyclic amines) is 1. The van der Waals surface area contributed by atoms with E-state index < -0.39 is 0 Å². The third-order valence-electron chi connectivity index (χ3n) is 6.19. The van der Waals surface area contributed by atoms with Gasteiger partial charge in [0.2, 0.25) is 0 Å². The van der Waals surface area contributed by atoms with E-state index in [1.165, 1.54) is 16.0 Å². The van der Waals surface area contributed by atoms with E-state index >= 15 is 0 Å². The third kappa shape index (κ3) is 6.13. The zero-order chi connectivity index (χ0) is 20.9. The molecule has 0 aliphatic carbocycles. The number of nitrogens with one attached hydrogen (secondary N) is 1. The number of hydrogen-bond acceptors (Lipinski definition) is 4. The summed E-state index contributed by atoms with van der Waals surface area (Å²) in [6.45, 7) is 5.73. The summed E-state index contributed by atoms with van der Waals surface area (Å²) in [6.07, 6.45) is 2.28. The molecule has 0 amide bonds. The van der Waals surface area contributed by atoms with Gasteiger partial charge in [-0.1, -0.05) is 23.7 Å². The van der Waals surface area contributed by atoms with Gasteiger partial charge in [0.1, 0.15) is 0 Å². The van der Waals surface area contributed by atoms with Gasteiger partial charge in [-0.05, 0) is 47.5 Å². The minimum Gasteiger partial charge on any atom is -0.384 e. The van der Waals surface area contributed by atoms with E-state index in [4.69, 9.17) is 16.3 Å². The van der Waals surface area contributed by atoms with Crippen molar-refractivity contribution < 1.29 is 4.74 Å². The highest BCUT2D eigenvalue weighted by Gasteiger charge is 2.28. The minimum atomic E-state index is 0. The molecule has 2 aliphatic heterocycles. The summed E-state index contributed by atoms with van der Waals surface area (Å²) in [5, 5.41) is 6.66. The van der Waals surface area contributed by atoms with E-state index in [1.54, 1.807) is 7.11 Å². The quantitative estimate of drug-likeness (QED) is 0.310. The maximum Gasteiger partial charge on any atom is 0.193 e.